The molecule has 2 N–H and O–H groups in total. The monoisotopic (exact) mass is 295 g/mol. The zero-order valence-electron chi connectivity index (χ0n) is 13.6. The Hall–Kier alpha value is -1.59. The molecule has 1 aromatic heterocycles. The maximum absolute atomic E-state index is 5.11. The number of nitrogens with one attached hydrogen (secondary N) is 2. The lowest BCUT2D eigenvalue weighted by Crippen LogP contribution is -2.11. The molecule has 0 unspecified atom stereocenters. The molecular formula is C15H29N5O. The summed E-state index contributed by atoms with van der Waals surface area (Å²) in [7, 11) is 1.57. The van der Waals surface area contributed by atoms with E-state index in [9.17, 15) is 0 Å². The van der Waals surface area contributed by atoms with Crippen LogP contribution in [0.15, 0.2) is 0 Å². The molecule has 0 saturated carbocycles. The second-order valence-electron chi connectivity index (χ2n) is 5.09. The fourth-order valence-corrected chi connectivity index (χ4v) is 1.95. The van der Waals surface area contributed by atoms with Crippen LogP contribution in [-0.4, -0.2) is 35.2 Å². The van der Waals surface area contributed by atoms with Crippen molar-refractivity contribution >= 4 is 11.9 Å². The van der Waals surface area contributed by atoms with Crippen LogP contribution >= 0.6 is 0 Å². The van der Waals surface area contributed by atoms with Crippen molar-refractivity contribution in [1.82, 2.24) is 15.0 Å². The first-order valence-corrected chi connectivity index (χ1v) is 8.08. The van der Waals surface area contributed by atoms with Crippen LogP contribution in [-0.2, 0) is 0 Å². The summed E-state index contributed by atoms with van der Waals surface area (Å²) in [5.74, 6) is 1.14. The molecule has 0 amide bonds. The fraction of sp³-hybridized carbons (Fsp3) is 0.800. The van der Waals surface area contributed by atoms with Crippen molar-refractivity contribution < 1.29 is 4.74 Å². The summed E-state index contributed by atoms with van der Waals surface area (Å²) >= 11 is 0. The second kappa shape index (κ2) is 11.1. The molecule has 21 heavy (non-hydrogen) atoms. The number of nitrogens with zero attached hydrogens (tertiary/aromatic N) is 3. The third kappa shape index (κ3) is 7.68. The third-order valence-corrected chi connectivity index (χ3v) is 3.14. The van der Waals surface area contributed by atoms with E-state index in [0.29, 0.717) is 17.9 Å². The van der Waals surface area contributed by atoms with Crippen molar-refractivity contribution in [1.29, 1.82) is 0 Å². The Bertz CT molecular complexity index is 386. The van der Waals surface area contributed by atoms with E-state index in [2.05, 4.69) is 39.4 Å². The van der Waals surface area contributed by atoms with Crippen LogP contribution in [0, 0.1) is 0 Å². The van der Waals surface area contributed by atoms with Gasteiger partial charge in [0.05, 0.1) is 7.11 Å². The summed E-state index contributed by atoms with van der Waals surface area (Å²) in [6.45, 7) is 6.06. The highest BCUT2D eigenvalue weighted by Crippen LogP contribution is 2.11. The fourth-order valence-electron chi connectivity index (χ4n) is 1.95. The first kappa shape index (κ1) is 17.5. The predicted molar refractivity (Wildman–Crippen MR) is 87.0 cm³/mol. The topological polar surface area (TPSA) is 72.0 Å². The van der Waals surface area contributed by atoms with E-state index in [1.165, 1.54) is 32.1 Å². The van der Waals surface area contributed by atoms with Gasteiger partial charge in [0.25, 0.3) is 0 Å². The van der Waals surface area contributed by atoms with E-state index in [4.69, 9.17) is 4.74 Å². The Labute approximate surface area is 128 Å². The number of anilines is 2. The molecule has 1 heterocycles. The van der Waals surface area contributed by atoms with Crippen LogP contribution in [0.4, 0.5) is 11.9 Å². The van der Waals surface area contributed by atoms with Crippen LogP contribution < -0.4 is 15.4 Å². The van der Waals surface area contributed by atoms with Crippen molar-refractivity contribution in [2.24, 2.45) is 0 Å². The van der Waals surface area contributed by atoms with E-state index in [-0.39, 0.29) is 0 Å². The smallest absolute Gasteiger partial charge is 0.322 e. The maximum atomic E-state index is 5.11. The number of hydrogen-bond acceptors (Lipinski definition) is 6. The van der Waals surface area contributed by atoms with Gasteiger partial charge in [-0.05, 0) is 12.8 Å². The summed E-state index contributed by atoms with van der Waals surface area (Å²) in [4.78, 5) is 12.7. The average Bonchev–Trinajstić information content (AvgIpc) is 2.51. The number of unbranched alkanes of at least 4 members (excludes halogenated alkanes) is 5. The van der Waals surface area contributed by atoms with Gasteiger partial charge in [0.2, 0.25) is 11.9 Å². The predicted octanol–water partition coefficient (Wildman–Crippen LogP) is 3.47. The Kier molecular flexibility index (Phi) is 9.24. The number of ether oxygens (including phenoxy) is 1. The van der Waals surface area contributed by atoms with Crippen LogP contribution in [0.1, 0.15) is 58.8 Å². The van der Waals surface area contributed by atoms with Gasteiger partial charge in [0.1, 0.15) is 0 Å². The van der Waals surface area contributed by atoms with Gasteiger partial charge in [-0.15, -0.1) is 0 Å². The molecule has 0 bridgehead atoms. The molecule has 6 nitrogen and oxygen atoms in total. The Morgan fingerprint density at radius 1 is 0.762 bits per heavy atom. The van der Waals surface area contributed by atoms with Gasteiger partial charge in [0.15, 0.2) is 0 Å². The van der Waals surface area contributed by atoms with Gasteiger partial charge in [-0.3, -0.25) is 0 Å². The van der Waals surface area contributed by atoms with Gasteiger partial charge in [-0.2, -0.15) is 15.0 Å². The molecule has 0 radical (unpaired) electrons. The van der Waals surface area contributed by atoms with Gasteiger partial charge in [0, 0.05) is 13.1 Å². The second-order valence-corrected chi connectivity index (χ2v) is 5.09. The van der Waals surface area contributed by atoms with Gasteiger partial charge in [-0.25, -0.2) is 0 Å². The molecule has 0 spiro atoms. The van der Waals surface area contributed by atoms with Gasteiger partial charge < -0.3 is 15.4 Å². The lowest BCUT2D eigenvalue weighted by molar-refractivity contribution is 0.379. The average molecular weight is 295 g/mol. The molecule has 0 aliphatic heterocycles. The van der Waals surface area contributed by atoms with Gasteiger partial charge >= 0.3 is 6.01 Å². The van der Waals surface area contributed by atoms with E-state index < -0.39 is 0 Å². The molecule has 0 saturated heterocycles. The van der Waals surface area contributed by atoms with Crippen LogP contribution in [0.2, 0.25) is 0 Å². The maximum Gasteiger partial charge on any atom is 0.322 e. The van der Waals surface area contributed by atoms with E-state index >= 15 is 0 Å². The highest BCUT2D eigenvalue weighted by atomic mass is 16.5. The number of aromatic nitrogens is 3. The number of hydrogen-bond donors (Lipinski definition) is 2. The first-order chi connectivity index (χ1) is 10.3. The molecule has 0 atom stereocenters. The molecule has 1 rings (SSSR count). The quantitative estimate of drug-likeness (QED) is 0.575. The van der Waals surface area contributed by atoms with Crippen molar-refractivity contribution in [3.8, 4) is 6.01 Å². The largest absolute Gasteiger partial charge is 0.467 e. The summed E-state index contributed by atoms with van der Waals surface area (Å²) in [5, 5.41) is 6.40. The Morgan fingerprint density at radius 3 is 2.00 bits per heavy atom. The summed E-state index contributed by atoms with van der Waals surface area (Å²) in [6.07, 6.45) is 8.67. The minimum Gasteiger partial charge on any atom is -0.467 e. The minimum absolute atomic E-state index is 0.342. The Balaban J connectivity index is 2.35. The van der Waals surface area contributed by atoms with Crippen LogP contribution in [0.3, 0.4) is 0 Å². The van der Waals surface area contributed by atoms with Gasteiger partial charge in [-0.1, -0.05) is 46.0 Å². The van der Waals surface area contributed by atoms with Crippen molar-refractivity contribution in [2.75, 3.05) is 30.8 Å². The number of rotatable bonds is 12. The van der Waals surface area contributed by atoms with Crippen LogP contribution in [0.5, 0.6) is 6.01 Å². The van der Waals surface area contributed by atoms with Crippen LogP contribution in [0.25, 0.3) is 0 Å². The van der Waals surface area contributed by atoms with E-state index in [1.54, 1.807) is 7.11 Å². The highest BCUT2D eigenvalue weighted by molar-refractivity contribution is 5.35. The molecule has 0 aliphatic rings. The lowest BCUT2D eigenvalue weighted by atomic mass is 10.1. The normalized spacial score (nSPS) is 10.4. The molecule has 0 fully saturated rings. The summed E-state index contributed by atoms with van der Waals surface area (Å²) in [5.41, 5.74) is 0. The molecule has 1 aromatic rings. The zero-order chi connectivity index (χ0) is 15.3. The molecule has 0 aromatic carbocycles. The lowest BCUT2D eigenvalue weighted by Gasteiger charge is -2.09. The summed E-state index contributed by atoms with van der Waals surface area (Å²) < 4.78 is 5.11. The minimum atomic E-state index is 0.342. The third-order valence-electron chi connectivity index (χ3n) is 3.14. The molecule has 6 heteroatoms. The molecular weight excluding hydrogens is 266 g/mol. The Morgan fingerprint density at radius 2 is 1.38 bits per heavy atom. The van der Waals surface area contributed by atoms with Crippen molar-refractivity contribution in [3.63, 3.8) is 0 Å². The first-order valence-electron chi connectivity index (χ1n) is 8.08. The van der Waals surface area contributed by atoms with E-state index in [1.807, 2.05) is 0 Å². The SMILES string of the molecule is CCCCCCCCNc1nc(NCCC)nc(OC)n1. The summed E-state index contributed by atoms with van der Waals surface area (Å²) in [6, 6.07) is 0.342. The molecule has 120 valence electrons. The highest BCUT2D eigenvalue weighted by Gasteiger charge is 2.05. The standard InChI is InChI=1S/C15H29N5O/c1-4-6-7-8-9-10-12-17-14-18-13(16-11-5-2)19-15(20-14)21-3/h4-12H2,1-3H3,(H2,16,17,18,19,20). The molecule has 0 aliphatic carbocycles. The number of methoxy groups -OCH3 is 1. The van der Waals surface area contributed by atoms with Crippen molar-refractivity contribution in [3.05, 3.63) is 0 Å². The zero-order valence-corrected chi connectivity index (χ0v) is 13.6. The van der Waals surface area contributed by atoms with Crippen molar-refractivity contribution in [2.45, 2.75) is 58.8 Å². The van der Waals surface area contributed by atoms with E-state index in [0.717, 1.165) is 25.9 Å².